The minimum Gasteiger partial charge on any atom is -0.493 e. The van der Waals surface area contributed by atoms with Gasteiger partial charge in [0.2, 0.25) is 0 Å². The van der Waals surface area contributed by atoms with Gasteiger partial charge in [0, 0.05) is 6.42 Å². The molecule has 134 valence electrons. The van der Waals surface area contributed by atoms with E-state index in [1.165, 1.54) is 11.8 Å². The molecule has 1 fully saturated rings. The van der Waals surface area contributed by atoms with Crippen LogP contribution in [0, 0.1) is 0 Å². The topological polar surface area (TPSA) is 47.6 Å². The van der Waals surface area contributed by atoms with Gasteiger partial charge in [-0.2, -0.15) is 0 Å². The van der Waals surface area contributed by atoms with E-state index in [1.54, 1.807) is 12.1 Å². The number of hydrogen-bond acceptors (Lipinski definition) is 5. The Balaban J connectivity index is 1.48. The van der Waals surface area contributed by atoms with Gasteiger partial charge in [0.25, 0.3) is 5.91 Å². The van der Waals surface area contributed by atoms with Gasteiger partial charge >= 0.3 is 0 Å². The number of para-hydroxylation sites is 1. The maximum Gasteiger partial charge on any atom is 0.263 e. The Labute approximate surface area is 166 Å². The number of thiocarbonyl (C=S) groups is 1. The standard InChI is InChI=1S/C19H16ClNO3S2/c20-15-7-1-2-8-16(15)24-10-4-9-23-14-6-3-5-13(11-14)12-17-18(22)21-19(25)26-17/h1-3,5-8,11-12H,4,9-10H2,(H,21,22,25)/b17-12+. The number of nitrogens with one attached hydrogen (secondary N) is 1. The van der Waals surface area contributed by atoms with Gasteiger partial charge in [0.15, 0.2) is 0 Å². The second kappa shape index (κ2) is 9.07. The SMILES string of the molecule is O=C1NC(=S)S/C1=C/c1cccc(OCCCOc2ccccc2Cl)c1. The monoisotopic (exact) mass is 405 g/mol. The molecule has 1 N–H and O–H groups in total. The first-order chi connectivity index (χ1) is 12.6. The van der Waals surface area contributed by atoms with E-state index in [1.807, 2.05) is 42.5 Å². The van der Waals surface area contributed by atoms with Crippen molar-refractivity contribution in [1.29, 1.82) is 0 Å². The Bertz CT molecular complexity index is 854. The van der Waals surface area contributed by atoms with Crippen molar-refractivity contribution in [2.75, 3.05) is 13.2 Å². The van der Waals surface area contributed by atoms with E-state index < -0.39 is 0 Å². The van der Waals surface area contributed by atoms with Gasteiger partial charge in [0.1, 0.15) is 15.8 Å². The molecule has 1 aliphatic rings. The van der Waals surface area contributed by atoms with Gasteiger partial charge < -0.3 is 14.8 Å². The van der Waals surface area contributed by atoms with Crippen LogP contribution in [0.25, 0.3) is 6.08 Å². The quantitative estimate of drug-likeness (QED) is 0.412. The molecule has 1 amide bonds. The Morgan fingerprint density at radius 1 is 1.12 bits per heavy atom. The third-order valence-electron chi connectivity index (χ3n) is 3.45. The molecule has 0 unspecified atom stereocenters. The van der Waals surface area contributed by atoms with Gasteiger partial charge in [-0.05, 0) is 35.9 Å². The molecule has 7 heteroatoms. The van der Waals surface area contributed by atoms with Crippen LogP contribution in [0.15, 0.2) is 53.4 Å². The summed E-state index contributed by atoms with van der Waals surface area (Å²) in [7, 11) is 0. The Morgan fingerprint density at radius 3 is 2.69 bits per heavy atom. The van der Waals surface area contributed by atoms with E-state index in [0.29, 0.717) is 33.2 Å². The van der Waals surface area contributed by atoms with Crippen molar-refractivity contribution in [2.24, 2.45) is 0 Å². The summed E-state index contributed by atoms with van der Waals surface area (Å²) >= 11 is 12.3. The number of ether oxygens (including phenoxy) is 2. The first kappa shape index (κ1) is 18.8. The van der Waals surface area contributed by atoms with Crippen LogP contribution in [0.5, 0.6) is 11.5 Å². The zero-order valence-electron chi connectivity index (χ0n) is 13.7. The number of carbonyl (C=O) groups excluding carboxylic acids is 1. The number of carbonyl (C=O) groups is 1. The lowest BCUT2D eigenvalue weighted by Crippen LogP contribution is -2.17. The largest absolute Gasteiger partial charge is 0.493 e. The molecular formula is C19H16ClNO3S2. The van der Waals surface area contributed by atoms with E-state index in [-0.39, 0.29) is 5.91 Å². The molecule has 0 aliphatic carbocycles. The fourth-order valence-electron chi connectivity index (χ4n) is 2.26. The molecule has 0 radical (unpaired) electrons. The highest BCUT2D eigenvalue weighted by Crippen LogP contribution is 2.27. The molecular weight excluding hydrogens is 390 g/mol. The predicted octanol–water partition coefficient (Wildman–Crippen LogP) is 4.68. The maximum atomic E-state index is 11.7. The van der Waals surface area contributed by atoms with E-state index in [4.69, 9.17) is 33.3 Å². The normalized spacial score (nSPS) is 15.2. The summed E-state index contributed by atoms with van der Waals surface area (Å²) in [6.45, 7) is 1.03. The molecule has 2 aromatic rings. The van der Waals surface area contributed by atoms with Crippen molar-refractivity contribution in [3.63, 3.8) is 0 Å². The van der Waals surface area contributed by atoms with Crippen LogP contribution >= 0.6 is 35.6 Å². The molecule has 4 nitrogen and oxygen atoms in total. The smallest absolute Gasteiger partial charge is 0.263 e. The summed E-state index contributed by atoms with van der Waals surface area (Å²) < 4.78 is 11.9. The second-order valence-electron chi connectivity index (χ2n) is 5.41. The van der Waals surface area contributed by atoms with Crippen LogP contribution in [0.3, 0.4) is 0 Å². The lowest BCUT2D eigenvalue weighted by Gasteiger charge is -2.09. The minimum absolute atomic E-state index is 0.164. The average Bonchev–Trinajstić information content (AvgIpc) is 2.94. The van der Waals surface area contributed by atoms with Crippen LogP contribution in [-0.4, -0.2) is 23.4 Å². The molecule has 0 spiro atoms. The molecule has 0 saturated carbocycles. The summed E-state index contributed by atoms with van der Waals surface area (Å²) in [5, 5.41) is 3.20. The molecule has 0 atom stereocenters. The van der Waals surface area contributed by atoms with Crippen LogP contribution in [-0.2, 0) is 4.79 Å². The molecule has 1 saturated heterocycles. The average molecular weight is 406 g/mol. The second-order valence-corrected chi connectivity index (χ2v) is 7.53. The first-order valence-electron chi connectivity index (χ1n) is 7.97. The van der Waals surface area contributed by atoms with Crippen molar-refractivity contribution in [3.05, 3.63) is 64.0 Å². The summed E-state index contributed by atoms with van der Waals surface area (Å²) in [5.41, 5.74) is 0.886. The van der Waals surface area contributed by atoms with Crippen molar-refractivity contribution < 1.29 is 14.3 Å². The lowest BCUT2D eigenvalue weighted by atomic mass is 10.2. The number of benzene rings is 2. The molecule has 0 aromatic heterocycles. The van der Waals surface area contributed by atoms with E-state index >= 15 is 0 Å². The van der Waals surface area contributed by atoms with Crippen LogP contribution in [0.1, 0.15) is 12.0 Å². The zero-order valence-corrected chi connectivity index (χ0v) is 16.1. The van der Waals surface area contributed by atoms with Gasteiger partial charge in [-0.1, -0.05) is 59.8 Å². The molecule has 1 heterocycles. The highest BCUT2D eigenvalue weighted by atomic mass is 35.5. The number of hydrogen-bond donors (Lipinski definition) is 1. The van der Waals surface area contributed by atoms with E-state index in [2.05, 4.69) is 5.32 Å². The van der Waals surface area contributed by atoms with Crippen LogP contribution in [0.4, 0.5) is 0 Å². The van der Waals surface area contributed by atoms with E-state index in [0.717, 1.165) is 17.7 Å². The first-order valence-corrected chi connectivity index (χ1v) is 9.57. The highest BCUT2D eigenvalue weighted by Gasteiger charge is 2.21. The van der Waals surface area contributed by atoms with Crippen LogP contribution in [0.2, 0.25) is 5.02 Å². The highest BCUT2D eigenvalue weighted by molar-refractivity contribution is 8.26. The van der Waals surface area contributed by atoms with Crippen molar-refractivity contribution in [1.82, 2.24) is 5.32 Å². The molecule has 1 aliphatic heterocycles. The third-order valence-corrected chi connectivity index (χ3v) is 4.92. The van der Waals surface area contributed by atoms with E-state index in [9.17, 15) is 4.79 Å². The summed E-state index contributed by atoms with van der Waals surface area (Å²) in [6, 6.07) is 14.9. The van der Waals surface area contributed by atoms with Gasteiger partial charge in [0.05, 0.1) is 23.1 Å². The minimum atomic E-state index is -0.164. The third kappa shape index (κ3) is 5.24. The molecule has 0 bridgehead atoms. The van der Waals surface area contributed by atoms with Crippen molar-refractivity contribution >= 4 is 51.9 Å². The number of amides is 1. The maximum absolute atomic E-state index is 11.7. The number of thioether (sulfide) groups is 1. The van der Waals surface area contributed by atoms with Gasteiger partial charge in [-0.25, -0.2) is 0 Å². The summed E-state index contributed by atoms with van der Waals surface area (Å²) in [5.74, 6) is 1.25. The number of halogens is 1. The predicted molar refractivity (Wildman–Crippen MR) is 110 cm³/mol. The zero-order chi connectivity index (χ0) is 18.4. The van der Waals surface area contributed by atoms with Crippen molar-refractivity contribution in [2.45, 2.75) is 6.42 Å². The Hall–Kier alpha value is -2.02. The molecule has 3 rings (SSSR count). The summed E-state index contributed by atoms with van der Waals surface area (Å²) in [4.78, 5) is 12.3. The molecule has 26 heavy (non-hydrogen) atoms. The van der Waals surface area contributed by atoms with Crippen LogP contribution < -0.4 is 14.8 Å². The fraction of sp³-hybridized carbons (Fsp3) is 0.158. The fourth-order valence-corrected chi connectivity index (χ4v) is 3.49. The van der Waals surface area contributed by atoms with Gasteiger partial charge in [-0.3, -0.25) is 4.79 Å². The van der Waals surface area contributed by atoms with Crippen molar-refractivity contribution in [3.8, 4) is 11.5 Å². The lowest BCUT2D eigenvalue weighted by molar-refractivity contribution is -0.115. The van der Waals surface area contributed by atoms with Gasteiger partial charge in [-0.15, -0.1) is 0 Å². The summed E-state index contributed by atoms with van der Waals surface area (Å²) in [6.07, 6.45) is 2.52. The Kier molecular flexibility index (Phi) is 6.55. The molecule has 2 aromatic carbocycles. The number of rotatable bonds is 7. The Morgan fingerprint density at radius 2 is 1.92 bits per heavy atom.